The summed E-state index contributed by atoms with van der Waals surface area (Å²) in [7, 11) is 4.70. The molecule has 1 saturated heterocycles. The second-order valence-electron chi connectivity index (χ2n) is 9.84. The fourth-order valence-corrected chi connectivity index (χ4v) is 4.75. The summed E-state index contributed by atoms with van der Waals surface area (Å²) in [6.07, 6.45) is 3.68. The van der Waals surface area contributed by atoms with E-state index in [4.69, 9.17) is 15.3 Å². The van der Waals surface area contributed by atoms with E-state index in [0.29, 0.717) is 6.54 Å². The Hall–Kier alpha value is -4.79. The number of methoxy groups -OCH3 is 1. The summed E-state index contributed by atoms with van der Waals surface area (Å²) < 4.78 is 18.4. The lowest BCUT2D eigenvalue weighted by atomic mass is 10.1. The molecule has 11 heteroatoms. The molecule has 2 aliphatic heterocycles. The van der Waals surface area contributed by atoms with Gasteiger partial charge in [0, 0.05) is 70.0 Å². The zero-order valence-corrected chi connectivity index (χ0v) is 24.7. The highest BCUT2D eigenvalue weighted by Crippen LogP contribution is 2.29. The van der Waals surface area contributed by atoms with Crippen LogP contribution >= 0.6 is 0 Å². The zero-order valence-electron chi connectivity index (χ0n) is 24.7. The van der Waals surface area contributed by atoms with Crippen LogP contribution in [0.3, 0.4) is 0 Å². The Morgan fingerprint density at radius 3 is 2.33 bits per heavy atom. The predicted octanol–water partition coefficient (Wildman–Crippen LogP) is 2.06. The lowest BCUT2D eigenvalue weighted by molar-refractivity contribution is -0.118. The van der Waals surface area contributed by atoms with E-state index in [-0.39, 0.29) is 17.2 Å². The van der Waals surface area contributed by atoms with Crippen LogP contribution < -0.4 is 20.7 Å². The van der Waals surface area contributed by atoms with E-state index in [9.17, 15) is 14.0 Å². The van der Waals surface area contributed by atoms with Crippen molar-refractivity contribution >= 4 is 24.3 Å². The maximum atomic E-state index is 13.6. The van der Waals surface area contributed by atoms with Crippen molar-refractivity contribution in [1.82, 2.24) is 20.1 Å². The van der Waals surface area contributed by atoms with Crippen LogP contribution in [0.1, 0.15) is 27.0 Å². The molecule has 1 unspecified atom stereocenters. The number of benzene rings is 2. The molecule has 0 saturated carbocycles. The molecule has 10 nitrogen and oxygen atoms in total. The third-order valence-electron chi connectivity index (χ3n) is 7.08. The Labute approximate surface area is 251 Å². The fourth-order valence-electron chi connectivity index (χ4n) is 4.75. The number of primary amides is 1. The Morgan fingerprint density at radius 1 is 1.09 bits per heavy atom. The molecule has 1 fully saturated rings. The lowest BCUT2D eigenvalue weighted by Crippen LogP contribution is -2.45. The van der Waals surface area contributed by atoms with Crippen molar-refractivity contribution in [1.29, 1.82) is 0 Å². The van der Waals surface area contributed by atoms with Crippen LogP contribution in [-0.4, -0.2) is 86.8 Å². The lowest BCUT2D eigenvalue weighted by Gasteiger charge is -2.36. The fraction of sp³-hybridized carbons (Fsp3) is 0.312. The molecule has 1 atom stereocenters. The average molecular weight is 589 g/mol. The minimum absolute atomic E-state index is 0.118. The number of amides is 2. The maximum Gasteiger partial charge on any atom is 0.257 e. The number of carbonyl (C=O) groups is 3. The van der Waals surface area contributed by atoms with Gasteiger partial charge in [0.2, 0.25) is 5.91 Å². The molecule has 226 valence electrons. The number of nitrogens with one attached hydrogen (secondary N) is 1. The molecular formula is C32H37FN6O4. The summed E-state index contributed by atoms with van der Waals surface area (Å²) >= 11 is 0. The van der Waals surface area contributed by atoms with Gasteiger partial charge in [-0.05, 0) is 48.5 Å². The number of rotatable bonds is 6. The van der Waals surface area contributed by atoms with Crippen molar-refractivity contribution in [3.05, 3.63) is 89.0 Å². The topological polar surface area (TPSA) is 121 Å². The highest BCUT2D eigenvalue weighted by Gasteiger charge is 2.29. The third kappa shape index (κ3) is 8.61. The predicted molar refractivity (Wildman–Crippen MR) is 163 cm³/mol. The highest BCUT2D eigenvalue weighted by atomic mass is 19.1. The number of likely N-dealkylation sites (N-methyl/N-ethyl adjacent to an activating group) is 1. The van der Waals surface area contributed by atoms with Crippen molar-refractivity contribution in [3.8, 4) is 17.6 Å². The number of ether oxygens (including phenoxy) is 1. The first-order valence-electron chi connectivity index (χ1n) is 13.6. The first-order chi connectivity index (χ1) is 20.8. The normalized spacial score (nSPS) is 14.7. The van der Waals surface area contributed by atoms with Crippen LogP contribution in [0.4, 0.5) is 10.1 Å². The van der Waals surface area contributed by atoms with E-state index in [1.807, 2.05) is 31.3 Å². The molecule has 3 N–H and O–H groups in total. The maximum absolute atomic E-state index is 13.6. The molecule has 0 aliphatic carbocycles. The summed E-state index contributed by atoms with van der Waals surface area (Å²) in [5.41, 5.74) is 9.51. The number of carbonyl (C=O) groups excluding carboxylic acids is 3. The molecule has 2 aliphatic rings. The molecule has 5 rings (SSSR count). The van der Waals surface area contributed by atoms with E-state index in [0.717, 1.165) is 43.9 Å². The van der Waals surface area contributed by atoms with Gasteiger partial charge < -0.3 is 25.1 Å². The van der Waals surface area contributed by atoms with Crippen molar-refractivity contribution in [2.45, 2.75) is 19.1 Å². The summed E-state index contributed by atoms with van der Waals surface area (Å²) in [5, 5.41) is 2.79. The SMILES string of the molecule is C=O.CNC(C#Cc1ccc(CN2CCN(c3ccncc3)CC2)cc1)C(N)=O.COc1ccc2c(c1F)C(=O)N(C)C2. The van der Waals surface area contributed by atoms with Crippen molar-refractivity contribution < 1.29 is 23.5 Å². The molecule has 2 amide bonds. The van der Waals surface area contributed by atoms with Crippen LogP contribution in [-0.2, 0) is 22.7 Å². The molecule has 3 aromatic rings. The van der Waals surface area contributed by atoms with Gasteiger partial charge >= 0.3 is 0 Å². The Balaban J connectivity index is 0.000000265. The molecule has 43 heavy (non-hydrogen) atoms. The van der Waals surface area contributed by atoms with Gasteiger partial charge in [-0.25, -0.2) is 4.39 Å². The first-order valence-corrected chi connectivity index (χ1v) is 13.6. The highest BCUT2D eigenvalue weighted by molar-refractivity contribution is 5.98. The molecule has 1 aromatic heterocycles. The van der Waals surface area contributed by atoms with Gasteiger partial charge in [0.1, 0.15) is 12.8 Å². The van der Waals surface area contributed by atoms with Crippen LogP contribution in [0.25, 0.3) is 0 Å². The molecule has 2 aromatic carbocycles. The van der Waals surface area contributed by atoms with Crippen LogP contribution in [0, 0.1) is 17.7 Å². The van der Waals surface area contributed by atoms with E-state index in [1.165, 1.54) is 23.3 Å². The summed E-state index contributed by atoms with van der Waals surface area (Å²) in [5.74, 6) is 4.66. The number of pyridine rings is 1. The van der Waals surface area contributed by atoms with Gasteiger partial charge in [0.25, 0.3) is 5.91 Å². The van der Waals surface area contributed by atoms with Gasteiger partial charge in [-0.1, -0.05) is 30.0 Å². The molecule has 0 spiro atoms. The molecule has 0 radical (unpaired) electrons. The number of anilines is 1. The largest absolute Gasteiger partial charge is 0.494 e. The monoisotopic (exact) mass is 588 g/mol. The van der Waals surface area contributed by atoms with Crippen LogP contribution in [0.15, 0.2) is 60.9 Å². The zero-order chi connectivity index (χ0) is 31.4. The minimum atomic E-state index is -0.624. The number of aromatic nitrogens is 1. The van der Waals surface area contributed by atoms with Crippen molar-refractivity contribution in [3.63, 3.8) is 0 Å². The number of hydrogen-bond acceptors (Lipinski definition) is 8. The van der Waals surface area contributed by atoms with Gasteiger partial charge in [-0.15, -0.1) is 0 Å². The van der Waals surface area contributed by atoms with Gasteiger partial charge in [0.15, 0.2) is 11.6 Å². The minimum Gasteiger partial charge on any atom is -0.494 e. The van der Waals surface area contributed by atoms with Gasteiger partial charge in [0.05, 0.1) is 12.7 Å². The first kappa shape index (κ1) is 32.7. The van der Waals surface area contributed by atoms with Gasteiger partial charge in [-0.3, -0.25) is 24.8 Å². The number of piperazine rings is 1. The molecular weight excluding hydrogens is 551 g/mol. The van der Waals surface area contributed by atoms with E-state index >= 15 is 0 Å². The second-order valence-corrected chi connectivity index (χ2v) is 9.84. The summed E-state index contributed by atoms with van der Waals surface area (Å²) in [6.45, 7) is 7.50. The van der Waals surface area contributed by atoms with Gasteiger partial charge in [-0.2, -0.15) is 0 Å². The Bertz CT molecular complexity index is 1430. The Kier molecular flexibility index (Phi) is 12.2. The molecule has 3 heterocycles. The van der Waals surface area contributed by atoms with E-state index in [1.54, 1.807) is 26.2 Å². The van der Waals surface area contributed by atoms with E-state index in [2.05, 4.69) is 56.2 Å². The smallest absolute Gasteiger partial charge is 0.257 e. The van der Waals surface area contributed by atoms with E-state index < -0.39 is 17.8 Å². The number of nitrogens with zero attached hydrogens (tertiary/aromatic N) is 4. The Morgan fingerprint density at radius 2 is 1.74 bits per heavy atom. The van der Waals surface area contributed by atoms with Crippen molar-refractivity contribution in [2.75, 3.05) is 52.3 Å². The number of halogens is 1. The third-order valence-corrected chi connectivity index (χ3v) is 7.08. The van der Waals surface area contributed by atoms with Crippen LogP contribution in [0.5, 0.6) is 5.75 Å². The summed E-state index contributed by atoms with van der Waals surface area (Å²) in [4.78, 5) is 41.1. The van der Waals surface area contributed by atoms with Crippen LogP contribution in [0.2, 0.25) is 0 Å². The molecule has 0 bridgehead atoms. The standard InChI is InChI=1S/C21H25N5O.C10H10FNO2.CH2O/c1-23-20(21(22)27)7-6-17-2-4-18(5-3-17)16-25-12-14-26(15-13-25)19-8-10-24-11-9-19;1-12-5-6-3-4-7(14-2)9(11)8(6)10(12)13;1-2/h2-5,8-11,20,23H,12-16H2,1H3,(H2,22,27);3-4H,5H2,1-2H3;1H2. The second kappa shape index (κ2) is 16.0. The number of nitrogens with two attached hydrogens (primary N) is 1. The average Bonchev–Trinajstić information content (AvgIpc) is 3.33. The van der Waals surface area contributed by atoms with Crippen molar-refractivity contribution in [2.24, 2.45) is 5.73 Å². The number of fused-ring (bicyclic) bond motifs is 1. The summed E-state index contributed by atoms with van der Waals surface area (Å²) in [6, 6.07) is 14.9. The number of hydrogen-bond donors (Lipinski definition) is 2. The quantitative estimate of drug-likeness (QED) is 0.420.